The molecule has 0 heterocycles. The third-order valence-electron chi connectivity index (χ3n) is 1.90. The van der Waals surface area contributed by atoms with Crippen LogP contribution < -0.4 is 5.32 Å². The fourth-order valence-electron chi connectivity index (χ4n) is 1.19. The maximum Gasteiger partial charge on any atom is 0.0462 e. The van der Waals surface area contributed by atoms with Gasteiger partial charge < -0.3 is 5.32 Å². The first-order valence-corrected chi connectivity index (χ1v) is 6.26. The number of nitrogens with one attached hydrogen (secondary N) is 1. The molecule has 0 radical (unpaired) electrons. The Labute approximate surface area is 95.2 Å². The topological polar surface area (TPSA) is 12.0 Å². The third-order valence-corrected chi connectivity index (χ3v) is 3.13. The lowest BCUT2D eigenvalue weighted by Gasteiger charge is -2.06. The molecule has 78 valence electrons. The van der Waals surface area contributed by atoms with Crippen LogP contribution in [0.25, 0.3) is 0 Å². The predicted molar refractivity (Wildman–Crippen MR) is 65.2 cm³/mol. The van der Waals surface area contributed by atoms with Crippen LogP contribution in [-0.4, -0.2) is 12.3 Å². The van der Waals surface area contributed by atoms with Crippen molar-refractivity contribution >= 4 is 23.4 Å². The van der Waals surface area contributed by atoms with Crippen LogP contribution in [0.2, 0.25) is 5.02 Å². The maximum atomic E-state index is 6.15. The molecule has 0 atom stereocenters. The summed E-state index contributed by atoms with van der Waals surface area (Å²) in [5.74, 6) is 1.09. The first-order valence-electron chi connectivity index (χ1n) is 4.89. The number of halogens is 1. The van der Waals surface area contributed by atoms with Gasteiger partial charge in [-0.2, -0.15) is 0 Å². The molecule has 0 fully saturated rings. The SMILES string of the molecule is CCNCc1ccc(SCC)cc1Cl. The van der Waals surface area contributed by atoms with Crippen molar-refractivity contribution in [3.63, 3.8) is 0 Å². The quantitative estimate of drug-likeness (QED) is 0.775. The van der Waals surface area contributed by atoms with Crippen molar-refractivity contribution < 1.29 is 0 Å². The van der Waals surface area contributed by atoms with Crippen LogP contribution in [0.15, 0.2) is 23.1 Å². The summed E-state index contributed by atoms with van der Waals surface area (Å²) in [6.07, 6.45) is 0. The van der Waals surface area contributed by atoms with E-state index < -0.39 is 0 Å². The van der Waals surface area contributed by atoms with Gasteiger partial charge in [-0.3, -0.25) is 0 Å². The van der Waals surface area contributed by atoms with Crippen LogP contribution in [0.4, 0.5) is 0 Å². The molecule has 0 aromatic heterocycles. The molecule has 0 unspecified atom stereocenters. The minimum atomic E-state index is 0.854. The van der Waals surface area contributed by atoms with Crippen molar-refractivity contribution in [1.82, 2.24) is 5.32 Å². The second kappa shape index (κ2) is 6.33. The third kappa shape index (κ3) is 3.52. The largest absolute Gasteiger partial charge is 0.313 e. The highest BCUT2D eigenvalue weighted by Crippen LogP contribution is 2.24. The van der Waals surface area contributed by atoms with Gasteiger partial charge in [0.25, 0.3) is 0 Å². The molecular weight excluding hydrogens is 214 g/mol. The van der Waals surface area contributed by atoms with Crippen molar-refractivity contribution in [2.45, 2.75) is 25.3 Å². The Kier molecular flexibility index (Phi) is 5.38. The highest BCUT2D eigenvalue weighted by atomic mass is 35.5. The summed E-state index contributed by atoms with van der Waals surface area (Å²) in [5, 5.41) is 4.13. The first-order chi connectivity index (χ1) is 6.77. The molecule has 1 aromatic carbocycles. The molecule has 1 N–H and O–H groups in total. The molecule has 3 heteroatoms. The van der Waals surface area contributed by atoms with E-state index in [1.807, 2.05) is 17.8 Å². The zero-order valence-corrected chi connectivity index (χ0v) is 10.2. The van der Waals surface area contributed by atoms with Gasteiger partial charge in [-0.05, 0) is 30.0 Å². The summed E-state index contributed by atoms with van der Waals surface area (Å²) in [7, 11) is 0. The molecule has 1 aromatic rings. The Morgan fingerprint density at radius 3 is 2.71 bits per heavy atom. The average molecular weight is 230 g/mol. The number of benzene rings is 1. The summed E-state index contributed by atoms with van der Waals surface area (Å²) < 4.78 is 0. The predicted octanol–water partition coefficient (Wildman–Crippen LogP) is 3.56. The van der Waals surface area contributed by atoms with Crippen LogP contribution in [0.1, 0.15) is 19.4 Å². The first kappa shape index (κ1) is 11.9. The van der Waals surface area contributed by atoms with Crippen LogP contribution in [0.3, 0.4) is 0 Å². The zero-order valence-electron chi connectivity index (χ0n) is 8.64. The zero-order chi connectivity index (χ0) is 10.4. The van der Waals surface area contributed by atoms with E-state index in [2.05, 4.69) is 31.3 Å². The fraction of sp³-hybridized carbons (Fsp3) is 0.455. The Balaban J connectivity index is 2.68. The minimum absolute atomic E-state index is 0.854. The molecule has 0 aliphatic rings. The van der Waals surface area contributed by atoms with E-state index in [0.717, 1.165) is 23.9 Å². The van der Waals surface area contributed by atoms with Gasteiger partial charge in [0.1, 0.15) is 0 Å². The molecule has 1 nitrogen and oxygen atoms in total. The Morgan fingerprint density at radius 1 is 1.36 bits per heavy atom. The van der Waals surface area contributed by atoms with E-state index in [4.69, 9.17) is 11.6 Å². The van der Waals surface area contributed by atoms with Gasteiger partial charge in [0.15, 0.2) is 0 Å². The van der Waals surface area contributed by atoms with Crippen LogP contribution in [-0.2, 0) is 6.54 Å². The van der Waals surface area contributed by atoms with E-state index in [1.165, 1.54) is 10.5 Å². The monoisotopic (exact) mass is 229 g/mol. The second-order valence-corrected chi connectivity index (χ2v) is 4.71. The molecule has 0 aliphatic heterocycles. The van der Waals surface area contributed by atoms with E-state index in [-0.39, 0.29) is 0 Å². The van der Waals surface area contributed by atoms with E-state index in [1.54, 1.807) is 0 Å². The lowest BCUT2D eigenvalue weighted by Crippen LogP contribution is -2.11. The minimum Gasteiger partial charge on any atom is -0.313 e. The summed E-state index contributed by atoms with van der Waals surface area (Å²) in [6.45, 7) is 6.06. The van der Waals surface area contributed by atoms with Crippen molar-refractivity contribution in [3.8, 4) is 0 Å². The van der Waals surface area contributed by atoms with Crippen molar-refractivity contribution in [3.05, 3.63) is 28.8 Å². The van der Waals surface area contributed by atoms with Gasteiger partial charge in [-0.15, -0.1) is 11.8 Å². The highest BCUT2D eigenvalue weighted by molar-refractivity contribution is 7.99. The number of hydrogen-bond acceptors (Lipinski definition) is 2. The molecule has 0 aliphatic carbocycles. The number of rotatable bonds is 5. The van der Waals surface area contributed by atoms with Gasteiger partial charge in [0, 0.05) is 16.5 Å². The van der Waals surface area contributed by atoms with Gasteiger partial charge in [0.2, 0.25) is 0 Å². The van der Waals surface area contributed by atoms with Gasteiger partial charge >= 0.3 is 0 Å². The van der Waals surface area contributed by atoms with Gasteiger partial charge in [-0.25, -0.2) is 0 Å². The normalized spacial score (nSPS) is 10.5. The lowest BCUT2D eigenvalue weighted by molar-refractivity contribution is 0.726. The highest BCUT2D eigenvalue weighted by Gasteiger charge is 2.00. The smallest absolute Gasteiger partial charge is 0.0462 e. The summed E-state index contributed by atoms with van der Waals surface area (Å²) >= 11 is 7.96. The summed E-state index contributed by atoms with van der Waals surface area (Å²) in [5.41, 5.74) is 1.17. The maximum absolute atomic E-state index is 6.15. The van der Waals surface area contributed by atoms with Gasteiger partial charge in [-0.1, -0.05) is 31.5 Å². The van der Waals surface area contributed by atoms with Crippen molar-refractivity contribution in [2.24, 2.45) is 0 Å². The Hall–Kier alpha value is -0.180. The van der Waals surface area contributed by atoms with E-state index >= 15 is 0 Å². The van der Waals surface area contributed by atoms with Gasteiger partial charge in [0.05, 0.1) is 0 Å². The number of thioether (sulfide) groups is 1. The second-order valence-electron chi connectivity index (χ2n) is 2.97. The fourth-order valence-corrected chi connectivity index (χ4v) is 2.20. The molecule has 0 saturated carbocycles. The summed E-state index contributed by atoms with van der Waals surface area (Å²) in [6, 6.07) is 6.28. The van der Waals surface area contributed by atoms with Crippen molar-refractivity contribution in [2.75, 3.05) is 12.3 Å². The molecule has 0 bridgehead atoms. The number of hydrogen-bond donors (Lipinski definition) is 1. The Bertz CT molecular complexity index is 289. The molecule has 14 heavy (non-hydrogen) atoms. The van der Waals surface area contributed by atoms with Crippen LogP contribution in [0.5, 0.6) is 0 Å². The molecule has 0 saturated heterocycles. The Morgan fingerprint density at radius 2 is 2.14 bits per heavy atom. The van der Waals surface area contributed by atoms with E-state index in [9.17, 15) is 0 Å². The molecule has 0 amide bonds. The van der Waals surface area contributed by atoms with E-state index in [0.29, 0.717) is 0 Å². The molecular formula is C11H16ClNS. The summed E-state index contributed by atoms with van der Waals surface area (Å²) in [4.78, 5) is 1.25. The molecule has 0 spiro atoms. The lowest BCUT2D eigenvalue weighted by atomic mass is 10.2. The van der Waals surface area contributed by atoms with Crippen LogP contribution >= 0.6 is 23.4 Å². The average Bonchev–Trinajstić information content (AvgIpc) is 2.17. The molecule has 1 rings (SSSR count). The standard InChI is InChI=1S/C11H16ClNS/c1-3-13-8-9-5-6-10(14-4-2)7-11(9)12/h5-7,13H,3-4,8H2,1-2H3. The van der Waals surface area contributed by atoms with Crippen molar-refractivity contribution in [1.29, 1.82) is 0 Å². The van der Waals surface area contributed by atoms with Crippen LogP contribution in [0, 0.1) is 0 Å².